The Bertz CT molecular complexity index is 776. The molecule has 0 saturated carbocycles. The molecule has 0 fully saturated rings. The zero-order valence-electron chi connectivity index (χ0n) is 15.6. The van der Waals surface area contributed by atoms with Crippen LogP contribution in [0.5, 0.6) is 17.2 Å². The molecular formula is C20H22F3NO4. The molecule has 0 aromatic heterocycles. The number of methoxy groups -OCH3 is 2. The summed E-state index contributed by atoms with van der Waals surface area (Å²) in [7, 11) is 3.10. The Balaban J connectivity index is 1.78. The van der Waals surface area contributed by atoms with E-state index in [2.05, 4.69) is 10.1 Å². The van der Waals surface area contributed by atoms with E-state index >= 15 is 0 Å². The lowest BCUT2D eigenvalue weighted by Crippen LogP contribution is -2.23. The molecule has 0 unspecified atom stereocenters. The van der Waals surface area contributed by atoms with Gasteiger partial charge in [-0.1, -0.05) is 18.2 Å². The van der Waals surface area contributed by atoms with Crippen molar-refractivity contribution in [3.8, 4) is 17.2 Å². The molecule has 0 radical (unpaired) electrons. The number of aryl methyl sites for hydroxylation is 1. The number of carbonyl (C=O) groups excluding carboxylic acids is 1. The summed E-state index contributed by atoms with van der Waals surface area (Å²) in [6, 6.07) is 11.6. The SMILES string of the molecule is COc1ccc(CCC(=O)NCc2ccc(OCC(F)(F)F)cc2)cc1OC. The average Bonchev–Trinajstić information content (AvgIpc) is 2.69. The molecule has 0 saturated heterocycles. The first-order chi connectivity index (χ1) is 13.3. The van der Waals surface area contributed by atoms with Crippen LogP contribution in [0.3, 0.4) is 0 Å². The quantitative estimate of drug-likeness (QED) is 0.698. The van der Waals surface area contributed by atoms with Gasteiger partial charge in [-0.25, -0.2) is 0 Å². The summed E-state index contributed by atoms with van der Waals surface area (Å²) < 4.78 is 51.4. The summed E-state index contributed by atoms with van der Waals surface area (Å²) in [6.45, 7) is -1.05. The van der Waals surface area contributed by atoms with Gasteiger partial charge in [-0.15, -0.1) is 0 Å². The van der Waals surface area contributed by atoms with Gasteiger partial charge in [0.1, 0.15) is 5.75 Å². The average molecular weight is 397 g/mol. The molecule has 0 aliphatic rings. The fourth-order valence-electron chi connectivity index (χ4n) is 2.45. The molecule has 28 heavy (non-hydrogen) atoms. The van der Waals surface area contributed by atoms with E-state index in [1.54, 1.807) is 32.4 Å². The second kappa shape index (κ2) is 9.87. The molecule has 2 aromatic carbocycles. The standard InChI is InChI=1S/C20H22F3NO4/c1-26-17-9-5-14(11-18(17)27-2)6-10-19(25)24-12-15-3-7-16(8-4-15)28-13-20(21,22)23/h3-5,7-9,11H,6,10,12-13H2,1-2H3,(H,24,25). The maximum absolute atomic E-state index is 12.1. The van der Waals surface area contributed by atoms with E-state index in [4.69, 9.17) is 9.47 Å². The van der Waals surface area contributed by atoms with Crippen LogP contribution in [0.1, 0.15) is 17.5 Å². The molecule has 1 amide bonds. The molecule has 152 valence electrons. The lowest BCUT2D eigenvalue weighted by Gasteiger charge is -2.11. The summed E-state index contributed by atoms with van der Waals surface area (Å²) in [5.41, 5.74) is 1.71. The van der Waals surface area contributed by atoms with Crippen LogP contribution < -0.4 is 19.5 Å². The van der Waals surface area contributed by atoms with Gasteiger partial charge in [0.25, 0.3) is 0 Å². The van der Waals surface area contributed by atoms with Crippen LogP contribution in [0, 0.1) is 0 Å². The summed E-state index contributed by atoms with van der Waals surface area (Å²) >= 11 is 0. The van der Waals surface area contributed by atoms with E-state index in [9.17, 15) is 18.0 Å². The number of hydrogen-bond donors (Lipinski definition) is 1. The molecule has 0 aliphatic carbocycles. The number of amides is 1. The smallest absolute Gasteiger partial charge is 0.422 e. The number of alkyl halides is 3. The van der Waals surface area contributed by atoms with Crippen molar-refractivity contribution < 1.29 is 32.2 Å². The van der Waals surface area contributed by atoms with Gasteiger partial charge in [0.05, 0.1) is 14.2 Å². The third kappa shape index (κ3) is 7.02. The molecule has 0 atom stereocenters. The first-order valence-corrected chi connectivity index (χ1v) is 8.57. The second-order valence-corrected chi connectivity index (χ2v) is 6.01. The molecule has 0 bridgehead atoms. The maximum Gasteiger partial charge on any atom is 0.422 e. The van der Waals surface area contributed by atoms with Crippen molar-refractivity contribution in [1.82, 2.24) is 5.32 Å². The van der Waals surface area contributed by atoms with Crippen molar-refractivity contribution in [2.24, 2.45) is 0 Å². The number of halogens is 3. The Morgan fingerprint density at radius 2 is 1.61 bits per heavy atom. The summed E-state index contributed by atoms with van der Waals surface area (Å²) in [6.07, 6.45) is -3.54. The van der Waals surface area contributed by atoms with E-state index in [0.717, 1.165) is 11.1 Å². The number of hydrogen-bond acceptors (Lipinski definition) is 4. The van der Waals surface area contributed by atoms with Crippen LogP contribution in [0.4, 0.5) is 13.2 Å². The number of rotatable bonds is 9. The van der Waals surface area contributed by atoms with Crippen LogP contribution in [-0.2, 0) is 17.8 Å². The van der Waals surface area contributed by atoms with Gasteiger partial charge in [-0.2, -0.15) is 13.2 Å². The van der Waals surface area contributed by atoms with Gasteiger partial charge >= 0.3 is 6.18 Å². The highest BCUT2D eigenvalue weighted by molar-refractivity contribution is 5.76. The maximum atomic E-state index is 12.1. The Kier molecular flexibility index (Phi) is 7.54. The van der Waals surface area contributed by atoms with Gasteiger partial charge < -0.3 is 19.5 Å². The van der Waals surface area contributed by atoms with E-state index in [-0.39, 0.29) is 18.2 Å². The topological polar surface area (TPSA) is 56.8 Å². The van der Waals surface area contributed by atoms with Gasteiger partial charge in [-0.05, 0) is 41.8 Å². The molecular weight excluding hydrogens is 375 g/mol. The van der Waals surface area contributed by atoms with Gasteiger partial charge in [0.2, 0.25) is 5.91 Å². The molecule has 0 heterocycles. The van der Waals surface area contributed by atoms with Gasteiger partial charge in [-0.3, -0.25) is 4.79 Å². The first kappa shape index (κ1) is 21.4. The Morgan fingerprint density at radius 1 is 0.964 bits per heavy atom. The molecule has 0 spiro atoms. The Hall–Kier alpha value is -2.90. The van der Waals surface area contributed by atoms with Crippen LogP contribution in [0.25, 0.3) is 0 Å². The highest BCUT2D eigenvalue weighted by atomic mass is 19.4. The molecule has 1 N–H and O–H groups in total. The van der Waals surface area contributed by atoms with E-state index in [0.29, 0.717) is 24.3 Å². The predicted octanol–water partition coefficient (Wildman–Crippen LogP) is 3.89. The number of nitrogens with one attached hydrogen (secondary N) is 1. The Labute approximate surface area is 161 Å². The largest absolute Gasteiger partial charge is 0.493 e. The Morgan fingerprint density at radius 3 is 2.21 bits per heavy atom. The molecule has 2 rings (SSSR count). The van der Waals surface area contributed by atoms with Crippen molar-refractivity contribution in [2.45, 2.75) is 25.6 Å². The minimum Gasteiger partial charge on any atom is -0.493 e. The van der Waals surface area contributed by atoms with Gasteiger partial charge in [0, 0.05) is 13.0 Å². The second-order valence-electron chi connectivity index (χ2n) is 6.01. The summed E-state index contributed by atoms with van der Waals surface area (Å²) in [4.78, 5) is 12.0. The normalized spacial score (nSPS) is 11.0. The van der Waals surface area contributed by atoms with Crippen molar-refractivity contribution in [1.29, 1.82) is 0 Å². The van der Waals surface area contributed by atoms with Gasteiger partial charge in [0.15, 0.2) is 18.1 Å². The lowest BCUT2D eigenvalue weighted by atomic mass is 10.1. The zero-order valence-corrected chi connectivity index (χ0v) is 15.6. The molecule has 0 aliphatic heterocycles. The number of ether oxygens (including phenoxy) is 3. The predicted molar refractivity (Wildman–Crippen MR) is 97.7 cm³/mol. The van der Waals surface area contributed by atoms with Crippen molar-refractivity contribution in [3.05, 3.63) is 53.6 Å². The van der Waals surface area contributed by atoms with Crippen LogP contribution in [-0.4, -0.2) is 32.9 Å². The van der Waals surface area contributed by atoms with Crippen molar-refractivity contribution >= 4 is 5.91 Å². The fraction of sp³-hybridized carbons (Fsp3) is 0.350. The van der Waals surface area contributed by atoms with Crippen LogP contribution >= 0.6 is 0 Å². The third-order valence-electron chi connectivity index (χ3n) is 3.90. The number of benzene rings is 2. The minimum absolute atomic E-state index is 0.126. The lowest BCUT2D eigenvalue weighted by molar-refractivity contribution is -0.153. The first-order valence-electron chi connectivity index (χ1n) is 8.57. The molecule has 2 aromatic rings. The minimum atomic E-state index is -4.37. The van der Waals surface area contributed by atoms with Crippen molar-refractivity contribution in [2.75, 3.05) is 20.8 Å². The molecule has 5 nitrogen and oxygen atoms in total. The van der Waals surface area contributed by atoms with E-state index in [1.165, 1.54) is 12.1 Å². The third-order valence-corrected chi connectivity index (χ3v) is 3.90. The summed E-state index contributed by atoms with van der Waals surface area (Å²) in [5.74, 6) is 1.22. The fourth-order valence-corrected chi connectivity index (χ4v) is 2.45. The monoisotopic (exact) mass is 397 g/mol. The van der Waals surface area contributed by atoms with E-state index in [1.807, 2.05) is 12.1 Å². The highest BCUT2D eigenvalue weighted by Crippen LogP contribution is 2.28. The summed E-state index contributed by atoms with van der Waals surface area (Å²) in [5, 5.41) is 2.78. The highest BCUT2D eigenvalue weighted by Gasteiger charge is 2.28. The van der Waals surface area contributed by atoms with Crippen LogP contribution in [0.2, 0.25) is 0 Å². The van der Waals surface area contributed by atoms with E-state index < -0.39 is 12.8 Å². The number of carbonyl (C=O) groups is 1. The zero-order chi connectivity index (χ0) is 20.6. The molecule has 8 heteroatoms. The van der Waals surface area contributed by atoms with Crippen molar-refractivity contribution in [3.63, 3.8) is 0 Å². The van der Waals surface area contributed by atoms with Crippen LogP contribution in [0.15, 0.2) is 42.5 Å².